The first-order chi connectivity index (χ1) is 63.0. The standard InChI is InChI=1S/C24H24N4O.C22H17N3.C21H16BrFN2.C21H17ClN2.C20H15BrFN3/c1-2-4-19-18(3-1)23-20-15-25-27-21(20)9-10-22(23)26-24(19)16-5-7-17(8-6-16)28-11-13-29-14-12-28;1-2-14-7-9-15(10-8-14)22-17-6-4-3-5-16(17)21-18-13-23-25-19(18)11-12-20(21)24-22;22-17-11-12(23)5-6-15(17)21-14-4-2-1-3-13(14)20-16-9-10-24-18(16)7-8-19(20)25-21;22-15-8-5-13(6-9-15)18-11-14-7-10-20-19(12-23-24-20)21(14)17-4-2-1-3-16(17)18;21-16-9-11(22)5-6-14(16)20-13-4-2-1-3-12(13)19-15-10-23-25-17(15)7-8-18(19)24-20/h5-10,15H,1-4,11-14H2,(H,25,27);1,7-13H,3-6H2,(H,23,25);5-11,25H,1-4H2;5-12H,1-4H2,(H,23,24);5-10H,1-4H2,(H,23,25). The van der Waals surface area contributed by atoms with Gasteiger partial charge in [-0.15, -0.1) is 6.42 Å². The summed E-state index contributed by atoms with van der Waals surface area (Å²) in [7, 11) is 0. The molecular formula is C108H89Br2ClF2N14O. The first kappa shape index (κ1) is 81.0. The number of fused-ring (bicyclic) bond motifs is 25. The van der Waals surface area contributed by atoms with Crippen LogP contribution in [0.15, 0.2) is 222 Å². The van der Waals surface area contributed by atoms with Crippen molar-refractivity contribution in [2.45, 2.75) is 128 Å². The van der Waals surface area contributed by atoms with Crippen LogP contribution in [0.4, 0.5) is 14.5 Å². The molecule has 11 aromatic carbocycles. The molecule has 0 saturated carbocycles. The molecule has 5 N–H and O–H groups in total. The van der Waals surface area contributed by atoms with Gasteiger partial charge in [-0.25, -0.2) is 23.7 Å². The third kappa shape index (κ3) is 15.1. The summed E-state index contributed by atoms with van der Waals surface area (Å²) >= 11 is 13.1. The van der Waals surface area contributed by atoms with E-state index in [1.54, 1.807) is 0 Å². The molecule has 0 radical (unpaired) electrons. The zero-order chi connectivity index (χ0) is 86.0. The molecule has 0 atom stereocenters. The van der Waals surface area contributed by atoms with Crippen molar-refractivity contribution >= 4 is 158 Å². The van der Waals surface area contributed by atoms with Gasteiger partial charge >= 0.3 is 0 Å². The molecule has 1 saturated heterocycles. The van der Waals surface area contributed by atoms with Gasteiger partial charge in [-0.3, -0.25) is 25.4 Å². The molecule has 0 amide bonds. The van der Waals surface area contributed by atoms with Crippen LogP contribution in [0.5, 0.6) is 0 Å². The van der Waals surface area contributed by atoms with Gasteiger partial charge in [-0.1, -0.05) is 60.0 Å². The van der Waals surface area contributed by atoms with Gasteiger partial charge in [-0.2, -0.15) is 20.4 Å². The number of pyridine rings is 4. The average molecular weight is 1830 g/mol. The Labute approximate surface area is 759 Å². The van der Waals surface area contributed by atoms with Gasteiger partial charge < -0.3 is 14.6 Å². The number of hydrogen-bond donors (Lipinski definition) is 5. The lowest BCUT2D eigenvalue weighted by molar-refractivity contribution is 0.122. The van der Waals surface area contributed by atoms with Crippen molar-refractivity contribution in [1.82, 2.24) is 65.7 Å². The normalized spacial score (nSPS) is 14.7. The topological polar surface area (TPSA) is 195 Å². The molecule has 20 aromatic rings. The van der Waals surface area contributed by atoms with E-state index in [2.05, 4.69) is 203 Å². The lowest BCUT2D eigenvalue weighted by Crippen LogP contribution is -2.36. The monoisotopic (exact) mass is 1830 g/mol. The highest BCUT2D eigenvalue weighted by molar-refractivity contribution is 9.11. The van der Waals surface area contributed by atoms with Crippen molar-refractivity contribution in [2.24, 2.45) is 0 Å². The Balaban J connectivity index is 0.0000000944. The quantitative estimate of drug-likeness (QED) is 0.100. The maximum absolute atomic E-state index is 13.5. The Morgan fingerprint density at radius 3 is 1.29 bits per heavy atom. The molecule has 128 heavy (non-hydrogen) atoms. The molecule has 1 aliphatic heterocycles. The van der Waals surface area contributed by atoms with Crippen LogP contribution in [0.25, 0.3) is 165 Å². The summed E-state index contributed by atoms with van der Waals surface area (Å²) < 4.78 is 34.1. The van der Waals surface area contributed by atoms with Crippen molar-refractivity contribution in [3.8, 4) is 68.5 Å². The summed E-state index contributed by atoms with van der Waals surface area (Å²) in [5, 5.41) is 43.8. The van der Waals surface area contributed by atoms with E-state index in [1.165, 1.54) is 214 Å². The van der Waals surface area contributed by atoms with E-state index in [4.69, 9.17) is 37.7 Å². The summed E-state index contributed by atoms with van der Waals surface area (Å²) in [5.74, 6) is 2.21. The fraction of sp³-hybridized carbons (Fsp3) is 0.222. The number of terminal acetylenes is 1. The van der Waals surface area contributed by atoms with E-state index in [0.717, 1.165) is 211 Å². The van der Waals surface area contributed by atoms with Gasteiger partial charge in [0.2, 0.25) is 0 Å². The number of hydrogen-bond acceptors (Lipinski definition) is 10. The molecule has 632 valence electrons. The van der Waals surface area contributed by atoms with Crippen LogP contribution >= 0.6 is 43.5 Å². The lowest BCUT2D eigenvalue weighted by atomic mass is 9.82. The average Bonchev–Trinajstić information content (AvgIpc) is 1.25. The van der Waals surface area contributed by atoms with Crippen LogP contribution in [0.3, 0.4) is 0 Å². The minimum atomic E-state index is -0.245. The van der Waals surface area contributed by atoms with Crippen molar-refractivity contribution < 1.29 is 13.5 Å². The minimum absolute atomic E-state index is 0.227. The fourth-order valence-corrected chi connectivity index (χ4v) is 22.3. The number of aromatic amines is 5. The zero-order valence-corrected chi connectivity index (χ0v) is 74.5. The van der Waals surface area contributed by atoms with Crippen LogP contribution in [-0.2, 0) is 68.9 Å². The number of anilines is 1. The molecule has 1 fully saturated rings. The van der Waals surface area contributed by atoms with E-state index >= 15 is 0 Å². The zero-order valence-electron chi connectivity index (χ0n) is 70.6. The number of aromatic nitrogens is 13. The molecule has 0 spiro atoms. The number of aryl methyl sites for hydroxylation is 5. The number of ether oxygens (including phenoxy) is 1. The number of H-pyrrole nitrogens is 5. The van der Waals surface area contributed by atoms with E-state index in [-0.39, 0.29) is 11.6 Å². The summed E-state index contributed by atoms with van der Waals surface area (Å²) in [6.45, 7) is 3.54. The highest BCUT2D eigenvalue weighted by atomic mass is 79.9. The first-order valence-electron chi connectivity index (χ1n) is 44.8. The highest BCUT2D eigenvalue weighted by Gasteiger charge is 2.29. The maximum Gasteiger partial charge on any atom is 0.124 e. The number of morpholine rings is 1. The molecule has 0 unspecified atom stereocenters. The van der Waals surface area contributed by atoms with Crippen molar-refractivity contribution in [3.63, 3.8) is 0 Å². The molecule has 5 aliphatic carbocycles. The van der Waals surface area contributed by atoms with E-state index in [1.807, 2.05) is 79.5 Å². The van der Waals surface area contributed by atoms with Gasteiger partial charge in [-0.05, 0) is 377 Å². The summed E-state index contributed by atoms with van der Waals surface area (Å²) in [4.78, 5) is 25.7. The third-order valence-electron chi connectivity index (χ3n) is 27.1. The van der Waals surface area contributed by atoms with Crippen LogP contribution in [-0.4, -0.2) is 92.0 Å². The first-order valence-corrected chi connectivity index (χ1v) is 46.8. The van der Waals surface area contributed by atoms with Crippen LogP contribution in [0.1, 0.15) is 125 Å². The molecule has 6 aliphatic rings. The van der Waals surface area contributed by atoms with Crippen molar-refractivity contribution in [2.75, 3.05) is 31.2 Å². The highest BCUT2D eigenvalue weighted by Crippen LogP contribution is 2.47. The second kappa shape index (κ2) is 34.7. The van der Waals surface area contributed by atoms with Gasteiger partial charge in [0.05, 0.1) is 105 Å². The maximum atomic E-state index is 13.5. The summed E-state index contributed by atoms with van der Waals surface area (Å²) in [6.07, 6.45) is 38.2. The molecule has 0 bridgehead atoms. The van der Waals surface area contributed by atoms with Crippen LogP contribution < -0.4 is 4.90 Å². The largest absolute Gasteiger partial charge is 0.378 e. The fourth-order valence-electron chi connectivity index (χ4n) is 21.1. The number of rotatable bonds is 6. The molecule has 20 heteroatoms. The van der Waals surface area contributed by atoms with Crippen molar-refractivity contribution in [1.29, 1.82) is 0 Å². The SMILES string of the molecule is C#Cc1ccc(-c2nc3ccc4[nH]ncc4c3c3c2CCCC3)cc1.Clc1ccc(-c2cc3ccc4[nH]ncc4c3c3c2CCCC3)cc1.Fc1ccc(-c2[nH]c3ccc4nccc4c3c3c2CCCC3)c(Br)c1.Fc1ccc(-c2nc3ccc4[nH]ncc4c3c3c2CCCC3)c(Br)c1.c1cc(N2CCOCC2)ccc1-c1nc2ccc3[nH]ncc3c2c2c1CCCC2. The Morgan fingerprint density at radius 2 is 0.781 bits per heavy atom. The Bertz CT molecular complexity index is 7610. The Kier molecular flexibility index (Phi) is 22.0. The van der Waals surface area contributed by atoms with Crippen molar-refractivity contribution in [3.05, 3.63) is 300 Å². The molecule has 26 rings (SSSR count). The third-order valence-corrected chi connectivity index (χ3v) is 28.7. The van der Waals surface area contributed by atoms with Gasteiger partial charge in [0.25, 0.3) is 0 Å². The molecular weight excluding hydrogens is 1740 g/mol. The lowest BCUT2D eigenvalue weighted by Gasteiger charge is -2.29. The van der Waals surface area contributed by atoms with E-state index in [9.17, 15) is 8.78 Å². The molecule has 9 aromatic heterocycles. The van der Waals surface area contributed by atoms with Gasteiger partial charge in [0.1, 0.15) is 11.6 Å². The van der Waals surface area contributed by atoms with Gasteiger partial charge in [0.15, 0.2) is 0 Å². The minimum Gasteiger partial charge on any atom is -0.378 e. The summed E-state index contributed by atoms with van der Waals surface area (Å²) in [6, 6.07) is 60.5. The van der Waals surface area contributed by atoms with E-state index in [0.29, 0.717) is 0 Å². The second-order valence-corrected chi connectivity index (χ2v) is 36.6. The van der Waals surface area contributed by atoms with E-state index < -0.39 is 0 Å². The number of halogens is 5. The smallest absolute Gasteiger partial charge is 0.124 e. The Hall–Kier alpha value is -12.8. The predicted octanol–water partition coefficient (Wildman–Crippen LogP) is 26.8. The summed E-state index contributed by atoms with van der Waals surface area (Å²) in [5.41, 5.74) is 37.2. The van der Waals surface area contributed by atoms with Crippen LogP contribution in [0.2, 0.25) is 5.02 Å². The molecule has 10 heterocycles. The molecule has 15 nitrogen and oxygen atoms in total. The van der Waals surface area contributed by atoms with Gasteiger partial charge in [0, 0.05) is 121 Å². The number of nitrogens with zero attached hydrogens (tertiary/aromatic N) is 9. The second-order valence-electron chi connectivity index (χ2n) is 34.5. The predicted molar refractivity (Wildman–Crippen MR) is 523 cm³/mol. The number of benzene rings is 11. The number of nitrogens with one attached hydrogen (secondary N) is 5. The van der Waals surface area contributed by atoms with Crippen LogP contribution in [0, 0.1) is 24.0 Å². The Morgan fingerprint density at radius 1 is 0.367 bits per heavy atom.